The summed E-state index contributed by atoms with van der Waals surface area (Å²) in [6.45, 7) is 0. The predicted octanol–water partition coefficient (Wildman–Crippen LogP) is 5.39. The number of carbonyl (C=O) groups excluding carboxylic acids is 1. The van der Waals surface area contributed by atoms with Gasteiger partial charge in [0.25, 0.3) is 5.91 Å². The van der Waals surface area contributed by atoms with Gasteiger partial charge in [-0.15, -0.1) is 0 Å². The van der Waals surface area contributed by atoms with Gasteiger partial charge >= 0.3 is 0 Å². The third-order valence-electron chi connectivity index (χ3n) is 5.49. The molecule has 1 fully saturated rings. The van der Waals surface area contributed by atoms with Gasteiger partial charge in [-0.25, -0.2) is 0 Å². The van der Waals surface area contributed by atoms with Crippen molar-refractivity contribution in [3.8, 4) is 22.9 Å². The van der Waals surface area contributed by atoms with Gasteiger partial charge in [0.05, 0.1) is 5.69 Å². The summed E-state index contributed by atoms with van der Waals surface area (Å²) in [5.41, 5.74) is 2.78. The first-order valence-corrected chi connectivity index (χ1v) is 9.74. The predicted molar refractivity (Wildman–Crippen MR) is 110 cm³/mol. The molecule has 0 radical (unpaired) electrons. The third-order valence-corrected chi connectivity index (χ3v) is 5.49. The van der Waals surface area contributed by atoms with Crippen LogP contribution in [0.2, 0.25) is 0 Å². The molecule has 0 atom stereocenters. The lowest BCUT2D eigenvalue weighted by Gasteiger charge is -2.22. The molecule has 0 aliphatic heterocycles. The molecular formula is C23H24N2O3. The molecule has 144 valence electrons. The number of H-pyrrole nitrogens is 1. The van der Waals surface area contributed by atoms with E-state index in [1.165, 1.54) is 37.7 Å². The molecule has 4 N–H and O–H groups in total. The number of hydrogen-bond acceptors (Lipinski definition) is 3. The van der Waals surface area contributed by atoms with Crippen LogP contribution >= 0.6 is 0 Å². The SMILES string of the molecule is O=C(Nc1ccc(C2CCCCC2)cc1)c1c(O)[nH]c(-c2ccccc2)c1O. The minimum atomic E-state index is -0.557. The Kier molecular flexibility index (Phi) is 5.06. The summed E-state index contributed by atoms with van der Waals surface area (Å²) >= 11 is 0. The van der Waals surface area contributed by atoms with Crippen LogP contribution in [0.1, 0.15) is 53.9 Å². The second kappa shape index (κ2) is 7.80. The lowest BCUT2D eigenvalue weighted by Crippen LogP contribution is -2.12. The quantitative estimate of drug-likeness (QED) is 0.492. The molecule has 1 aliphatic rings. The van der Waals surface area contributed by atoms with E-state index in [-0.39, 0.29) is 17.2 Å². The summed E-state index contributed by atoms with van der Waals surface area (Å²) in [7, 11) is 0. The molecule has 0 bridgehead atoms. The number of aromatic amines is 1. The Morgan fingerprint density at radius 1 is 0.929 bits per heavy atom. The van der Waals surface area contributed by atoms with Crippen LogP contribution < -0.4 is 5.32 Å². The summed E-state index contributed by atoms with van der Waals surface area (Å²) in [6, 6.07) is 16.9. The maximum absolute atomic E-state index is 12.6. The molecule has 1 aromatic heterocycles. The third kappa shape index (κ3) is 3.60. The van der Waals surface area contributed by atoms with Crippen LogP contribution in [0.5, 0.6) is 11.6 Å². The van der Waals surface area contributed by atoms with Gasteiger partial charge in [-0.1, -0.05) is 61.7 Å². The molecule has 0 spiro atoms. The van der Waals surface area contributed by atoms with E-state index in [9.17, 15) is 15.0 Å². The molecule has 2 aromatic carbocycles. The number of carbonyl (C=O) groups is 1. The van der Waals surface area contributed by atoms with Crippen LogP contribution in [0, 0.1) is 0 Å². The Labute approximate surface area is 164 Å². The van der Waals surface area contributed by atoms with Gasteiger partial charge in [0.2, 0.25) is 5.88 Å². The zero-order valence-electron chi connectivity index (χ0n) is 15.6. The minimum Gasteiger partial charge on any atom is -0.505 e. The van der Waals surface area contributed by atoms with Gasteiger partial charge in [0.15, 0.2) is 5.75 Å². The first-order chi connectivity index (χ1) is 13.6. The van der Waals surface area contributed by atoms with Crippen molar-refractivity contribution in [2.75, 3.05) is 5.32 Å². The first-order valence-electron chi connectivity index (χ1n) is 9.74. The van der Waals surface area contributed by atoms with E-state index in [2.05, 4.69) is 22.4 Å². The summed E-state index contributed by atoms with van der Waals surface area (Å²) in [4.78, 5) is 15.3. The molecule has 1 heterocycles. The first kappa shape index (κ1) is 18.2. The van der Waals surface area contributed by atoms with Crippen molar-refractivity contribution in [2.45, 2.75) is 38.0 Å². The topological polar surface area (TPSA) is 85.4 Å². The largest absolute Gasteiger partial charge is 0.505 e. The zero-order chi connectivity index (χ0) is 19.5. The molecule has 1 saturated carbocycles. The van der Waals surface area contributed by atoms with E-state index >= 15 is 0 Å². The molecule has 4 rings (SSSR count). The number of anilines is 1. The van der Waals surface area contributed by atoms with Gasteiger partial charge in [0, 0.05) is 11.3 Å². The van der Waals surface area contributed by atoms with Gasteiger partial charge < -0.3 is 20.5 Å². The number of benzene rings is 2. The normalized spacial score (nSPS) is 14.7. The van der Waals surface area contributed by atoms with E-state index < -0.39 is 5.91 Å². The van der Waals surface area contributed by atoms with E-state index in [0.717, 1.165) is 0 Å². The maximum atomic E-state index is 12.6. The zero-order valence-corrected chi connectivity index (χ0v) is 15.6. The lowest BCUT2D eigenvalue weighted by atomic mass is 9.84. The van der Waals surface area contributed by atoms with E-state index in [1.807, 2.05) is 30.3 Å². The van der Waals surface area contributed by atoms with Crippen molar-refractivity contribution in [2.24, 2.45) is 0 Å². The fourth-order valence-corrected chi connectivity index (χ4v) is 3.97. The van der Waals surface area contributed by atoms with Gasteiger partial charge in [-0.3, -0.25) is 4.79 Å². The highest BCUT2D eigenvalue weighted by Crippen LogP contribution is 2.38. The second-order valence-corrected chi connectivity index (χ2v) is 7.35. The Bertz CT molecular complexity index is 956. The highest BCUT2D eigenvalue weighted by molar-refractivity contribution is 6.09. The monoisotopic (exact) mass is 376 g/mol. The van der Waals surface area contributed by atoms with E-state index in [1.54, 1.807) is 12.1 Å². The molecule has 1 amide bonds. The van der Waals surface area contributed by atoms with Crippen molar-refractivity contribution in [1.29, 1.82) is 0 Å². The average Bonchev–Trinajstić information content (AvgIpc) is 3.04. The summed E-state index contributed by atoms with van der Waals surface area (Å²) < 4.78 is 0. The van der Waals surface area contributed by atoms with Gasteiger partial charge in [0.1, 0.15) is 5.56 Å². The van der Waals surface area contributed by atoms with Crippen LogP contribution in [-0.2, 0) is 0 Å². The van der Waals surface area contributed by atoms with Crippen LogP contribution in [0.25, 0.3) is 11.3 Å². The smallest absolute Gasteiger partial charge is 0.264 e. The Balaban J connectivity index is 1.52. The van der Waals surface area contributed by atoms with Gasteiger partial charge in [-0.05, 0) is 36.5 Å². The molecule has 3 aromatic rings. The molecule has 5 nitrogen and oxygen atoms in total. The Morgan fingerprint density at radius 3 is 2.29 bits per heavy atom. The summed E-state index contributed by atoms with van der Waals surface area (Å²) in [5, 5.41) is 23.4. The number of aromatic hydroxyl groups is 2. The van der Waals surface area contributed by atoms with E-state index in [4.69, 9.17) is 0 Å². The lowest BCUT2D eigenvalue weighted by molar-refractivity contribution is 0.102. The minimum absolute atomic E-state index is 0.157. The summed E-state index contributed by atoms with van der Waals surface area (Å²) in [6.07, 6.45) is 6.31. The number of nitrogens with one attached hydrogen (secondary N) is 2. The average molecular weight is 376 g/mol. The summed E-state index contributed by atoms with van der Waals surface area (Å²) in [5.74, 6) is -0.573. The molecular weight excluding hydrogens is 352 g/mol. The van der Waals surface area contributed by atoms with Crippen LogP contribution in [0.3, 0.4) is 0 Å². The highest BCUT2D eigenvalue weighted by atomic mass is 16.3. The number of amides is 1. The van der Waals surface area contributed by atoms with Crippen molar-refractivity contribution in [3.05, 3.63) is 65.7 Å². The van der Waals surface area contributed by atoms with E-state index in [0.29, 0.717) is 22.9 Å². The number of rotatable bonds is 4. The van der Waals surface area contributed by atoms with Crippen LogP contribution in [0.15, 0.2) is 54.6 Å². The number of hydrogen-bond donors (Lipinski definition) is 4. The van der Waals surface area contributed by atoms with Crippen molar-refractivity contribution < 1.29 is 15.0 Å². The maximum Gasteiger partial charge on any atom is 0.264 e. The molecule has 28 heavy (non-hydrogen) atoms. The fourth-order valence-electron chi connectivity index (χ4n) is 3.97. The Hall–Kier alpha value is -3.21. The molecule has 5 heteroatoms. The number of aromatic nitrogens is 1. The standard InChI is InChI=1S/C23H24N2O3/c26-21-19(23(28)25-20(21)17-9-5-2-6-10-17)22(27)24-18-13-11-16(12-14-18)15-7-3-1-4-8-15/h2,5-6,9-15,25-26,28H,1,3-4,7-8H2,(H,24,27). The fraction of sp³-hybridized carbons (Fsp3) is 0.261. The van der Waals surface area contributed by atoms with Crippen LogP contribution in [0.4, 0.5) is 5.69 Å². The molecule has 1 aliphatic carbocycles. The second-order valence-electron chi connectivity index (χ2n) is 7.35. The van der Waals surface area contributed by atoms with Crippen LogP contribution in [-0.4, -0.2) is 21.1 Å². The van der Waals surface area contributed by atoms with Gasteiger partial charge in [-0.2, -0.15) is 0 Å². The molecule has 0 unspecified atom stereocenters. The van der Waals surface area contributed by atoms with Crippen molar-refractivity contribution >= 4 is 11.6 Å². The Morgan fingerprint density at radius 2 is 1.61 bits per heavy atom. The molecule has 0 saturated heterocycles. The highest BCUT2D eigenvalue weighted by Gasteiger charge is 2.24. The van der Waals surface area contributed by atoms with Crippen molar-refractivity contribution in [3.63, 3.8) is 0 Å². The van der Waals surface area contributed by atoms with Crippen molar-refractivity contribution in [1.82, 2.24) is 4.98 Å².